The molecular formula is C6H2ClF3NNaO3S. The molecule has 0 radical (unpaired) electrons. The van der Waals surface area contributed by atoms with E-state index in [4.69, 9.17) is 11.6 Å². The number of hydrogen-bond donors (Lipinski definition) is 0. The molecule has 16 heavy (non-hydrogen) atoms. The van der Waals surface area contributed by atoms with Crippen LogP contribution in [0.4, 0.5) is 13.2 Å². The van der Waals surface area contributed by atoms with Crippen molar-refractivity contribution >= 4 is 21.7 Å². The minimum absolute atomic E-state index is 0. The fourth-order valence-corrected chi connectivity index (χ4v) is 1.69. The standard InChI is InChI=1S/C6H3ClF3NO3S.Na/c7-4-1-3(6(8,9)10)2-11-5(4)15(12,13)14;/h1-2H,(H,12,13,14);/q;+1/p-1. The van der Waals surface area contributed by atoms with Crippen molar-refractivity contribution in [1.29, 1.82) is 0 Å². The van der Waals surface area contributed by atoms with Gasteiger partial charge in [0.15, 0.2) is 5.03 Å². The molecule has 84 valence electrons. The smallest absolute Gasteiger partial charge is 0.743 e. The van der Waals surface area contributed by atoms with Crippen LogP contribution in [0.25, 0.3) is 0 Å². The summed E-state index contributed by atoms with van der Waals surface area (Å²) in [5.41, 5.74) is -1.22. The third-order valence-corrected chi connectivity index (χ3v) is 2.57. The SMILES string of the molecule is O=S(=O)([O-])c1ncc(C(F)(F)F)cc1Cl.[Na+]. The zero-order valence-electron chi connectivity index (χ0n) is 7.75. The zero-order valence-corrected chi connectivity index (χ0v) is 11.3. The number of nitrogens with zero attached hydrogens (tertiary/aromatic N) is 1. The number of aromatic nitrogens is 1. The molecule has 0 aliphatic heterocycles. The summed E-state index contributed by atoms with van der Waals surface area (Å²) in [5, 5.41) is -1.96. The third-order valence-electron chi connectivity index (χ3n) is 1.37. The van der Waals surface area contributed by atoms with Gasteiger partial charge in [-0.15, -0.1) is 0 Å². The first kappa shape index (κ1) is 16.1. The van der Waals surface area contributed by atoms with Gasteiger partial charge in [-0.25, -0.2) is 13.4 Å². The molecule has 0 N–H and O–H groups in total. The van der Waals surface area contributed by atoms with Gasteiger partial charge in [-0.05, 0) is 6.07 Å². The number of rotatable bonds is 1. The molecule has 1 aromatic heterocycles. The molecule has 1 aromatic rings. The molecule has 0 saturated heterocycles. The van der Waals surface area contributed by atoms with E-state index in [0.29, 0.717) is 6.07 Å². The average Bonchev–Trinajstić information content (AvgIpc) is 1.99. The van der Waals surface area contributed by atoms with Crippen LogP contribution >= 0.6 is 11.6 Å². The summed E-state index contributed by atoms with van der Waals surface area (Å²) in [5.74, 6) is 0. The largest absolute Gasteiger partial charge is 1.00 e. The Morgan fingerprint density at radius 3 is 2.19 bits per heavy atom. The maximum Gasteiger partial charge on any atom is 1.00 e. The van der Waals surface area contributed by atoms with Crippen molar-refractivity contribution in [3.05, 3.63) is 22.8 Å². The van der Waals surface area contributed by atoms with Crippen LogP contribution in [0.1, 0.15) is 5.56 Å². The molecule has 0 atom stereocenters. The Hall–Kier alpha value is 0.140. The van der Waals surface area contributed by atoms with E-state index in [9.17, 15) is 26.1 Å². The van der Waals surface area contributed by atoms with Crippen LogP contribution in [0.2, 0.25) is 5.02 Å². The van der Waals surface area contributed by atoms with Gasteiger partial charge in [0.05, 0.1) is 10.6 Å². The Balaban J connectivity index is 0.00000225. The first-order valence-electron chi connectivity index (χ1n) is 3.31. The molecule has 0 saturated carbocycles. The number of hydrogen-bond acceptors (Lipinski definition) is 4. The van der Waals surface area contributed by atoms with Crippen molar-refractivity contribution in [3.63, 3.8) is 0 Å². The van der Waals surface area contributed by atoms with Crippen LogP contribution in [0.3, 0.4) is 0 Å². The second kappa shape index (κ2) is 5.19. The molecule has 0 bridgehead atoms. The quantitative estimate of drug-likeness (QED) is 0.473. The first-order chi connectivity index (χ1) is 6.62. The number of alkyl halides is 3. The van der Waals surface area contributed by atoms with Gasteiger partial charge in [0.25, 0.3) is 0 Å². The molecule has 1 heterocycles. The maximum absolute atomic E-state index is 12.1. The van der Waals surface area contributed by atoms with Gasteiger partial charge in [-0.2, -0.15) is 13.2 Å². The summed E-state index contributed by atoms with van der Waals surface area (Å²) in [7, 11) is -4.96. The van der Waals surface area contributed by atoms with E-state index >= 15 is 0 Å². The van der Waals surface area contributed by atoms with E-state index < -0.39 is 31.9 Å². The predicted octanol–water partition coefficient (Wildman–Crippen LogP) is -1.34. The molecule has 4 nitrogen and oxygen atoms in total. The van der Waals surface area contributed by atoms with E-state index in [1.165, 1.54) is 0 Å². The summed E-state index contributed by atoms with van der Waals surface area (Å²) in [4.78, 5) is 2.86. The van der Waals surface area contributed by atoms with Gasteiger partial charge in [0.1, 0.15) is 10.1 Å². The molecule has 1 rings (SSSR count). The zero-order chi connectivity index (χ0) is 11.9. The van der Waals surface area contributed by atoms with Crippen LogP contribution < -0.4 is 29.6 Å². The van der Waals surface area contributed by atoms with E-state index in [0.717, 1.165) is 0 Å². The normalized spacial score (nSPS) is 12.1. The minimum Gasteiger partial charge on any atom is -0.743 e. The third kappa shape index (κ3) is 3.86. The van der Waals surface area contributed by atoms with Crippen molar-refractivity contribution < 1.29 is 55.7 Å². The molecule has 0 fully saturated rings. The molecule has 10 heteroatoms. The first-order valence-corrected chi connectivity index (χ1v) is 5.09. The van der Waals surface area contributed by atoms with E-state index in [1.54, 1.807) is 0 Å². The van der Waals surface area contributed by atoms with Crippen molar-refractivity contribution in [3.8, 4) is 0 Å². The fourth-order valence-electron chi connectivity index (χ4n) is 0.764. The Bertz CT molecular complexity index is 490. The van der Waals surface area contributed by atoms with Crippen LogP contribution in [-0.4, -0.2) is 18.0 Å². The molecular weight excluding hydrogens is 282 g/mol. The van der Waals surface area contributed by atoms with Gasteiger partial charge >= 0.3 is 35.7 Å². The van der Waals surface area contributed by atoms with Gasteiger partial charge in [0.2, 0.25) is 0 Å². The Labute approximate surface area is 116 Å². The predicted molar refractivity (Wildman–Crippen MR) is 42.2 cm³/mol. The fraction of sp³-hybridized carbons (Fsp3) is 0.167. The van der Waals surface area contributed by atoms with Gasteiger partial charge in [-0.1, -0.05) is 11.6 Å². The van der Waals surface area contributed by atoms with Crippen LogP contribution in [-0.2, 0) is 16.3 Å². The summed E-state index contributed by atoms with van der Waals surface area (Å²) in [6.07, 6.45) is -4.46. The second-order valence-corrected chi connectivity index (χ2v) is 4.16. The van der Waals surface area contributed by atoms with E-state index in [2.05, 4.69) is 4.98 Å². The molecule has 0 aliphatic rings. The summed E-state index contributed by atoms with van der Waals surface area (Å²) < 4.78 is 67.5. The van der Waals surface area contributed by atoms with Crippen LogP contribution in [0.15, 0.2) is 17.3 Å². The average molecular weight is 284 g/mol. The Morgan fingerprint density at radius 1 is 1.38 bits per heavy atom. The van der Waals surface area contributed by atoms with Gasteiger partial charge < -0.3 is 4.55 Å². The van der Waals surface area contributed by atoms with E-state index in [1.807, 2.05) is 0 Å². The minimum atomic E-state index is -4.96. The van der Waals surface area contributed by atoms with Gasteiger partial charge in [0, 0.05) is 6.20 Å². The molecule has 0 aliphatic carbocycles. The summed E-state index contributed by atoms with van der Waals surface area (Å²) >= 11 is 5.18. The molecule has 0 aromatic carbocycles. The number of halogens is 4. The maximum atomic E-state index is 12.1. The van der Waals surface area contributed by atoms with E-state index in [-0.39, 0.29) is 35.8 Å². The van der Waals surface area contributed by atoms with Crippen molar-refractivity contribution in [1.82, 2.24) is 4.98 Å². The Kier molecular flexibility index (Phi) is 5.24. The second-order valence-electron chi connectivity index (χ2n) is 2.46. The van der Waals surface area contributed by atoms with Crippen molar-refractivity contribution in [2.24, 2.45) is 0 Å². The van der Waals surface area contributed by atoms with Crippen molar-refractivity contribution in [2.45, 2.75) is 11.2 Å². The van der Waals surface area contributed by atoms with Crippen LogP contribution in [0.5, 0.6) is 0 Å². The number of pyridine rings is 1. The monoisotopic (exact) mass is 283 g/mol. The topological polar surface area (TPSA) is 70.1 Å². The molecule has 0 spiro atoms. The van der Waals surface area contributed by atoms with Crippen molar-refractivity contribution in [2.75, 3.05) is 0 Å². The summed E-state index contributed by atoms with van der Waals surface area (Å²) in [6, 6.07) is 0.333. The molecule has 0 unspecified atom stereocenters. The van der Waals surface area contributed by atoms with Gasteiger partial charge in [-0.3, -0.25) is 0 Å². The Morgan fingerprint density at radius 2 is 1.88 bits per heavy atom. The van der Waals surface area contributed by atoms with Crippen LogP contribution in [0, 0.1) is 0 Å². The summed E-state index contributed by atoms with van der Waals surface area (Å²) in [6.45, 7) is 0. The molecule has 0 amide bonds.